The highest BCUT2D eigenvalue weighted by Crippen LogP contribution is 2.34. The average Bonchev–Trinajstić information content (AvgIpc) is 3.18. The van der Waals surface area contributed by atoms with E-state index < -0.39 is 11.9 Å². The van der Waals surface area contributed by atoms with E-state index in [0.717, 1.165) is 21.4 Å². The van der Waals surface area contributed by atoms with Crippen LogP contribution in [-0.2, 0) is 0 Å². The summed E-state index contributed by atoms with van der Waals surface area (Å²) in [4.78, 5) is 24.5. The summed E-state index contributed by atoms with van der Waals surface area (Å²) in [5, 5.41) is 14.2. The standard InChI is InChI=1S/C16H11ClN2O3S2/c1-8(10-6-7-12(23-10)16(21)22)18-19-15(20)14-13(17)9-4-2-3-5-11(9)24-14/h2-7H,1H3,(H,19,20)(H,21,22). The molecule has 0 atom stereocenters. The molecule has 0 radical (unpaired) electrons. The van der Waals surface area contributed by atoms with E-state index in [2.05, 4.69) is 10.5 Å². The molecule has 2 heterocycles. The number of carboxylic acids is 1. The zero-order valence-corrected chi connectivity index (χ0v) is 14.8. The largest absolute Gasteiger partial charge is 0.477 e. The minimum Gasteiger partial charge on any atom is -0.477 e. The first-order valence-electron chi connectivity index (χ1n) is 6.82. The Morgan fingerprint density at radius 3 is 2.50 bits per heavy atom. The van der Waals surface area contributed by atoms with E-state index in [-0.39, 0.29) is 4.88 Å². The molecule has 8 heteroatoms. The van der Waals surface area contributed by atoms with Crippen molar-refractivity contribution in [1.29, 1.82) is 0 Å². The van der Waals surface area contributed by atoms with Crippen molar-refractivity contribution >= 4 is 61.9 Å². The van der Waals surface area contributed by atoms with Crippen molar-refractivity contribution in [3.05, 3.63) is 56.1 Å². The number of carboxylic acid groups (broad SMARTS) is 1. The van der Waals surface area contributed by atoms with E-state index in [1.807, 2.05) is 24.3 Å². The van der Waals surface area contributed by atoms with E-state index >= 15 is 0 Å². The predicted molar refractivity (Wildman–Crippen MR) is 97.8 cm³/mol. The summed E-state index contributed by atoms with van der Waals surface area (Å²) >= 11 is 8.66. The number of benzene rings is 1. The topological polar surface area (TPSA) is 78.8 Å². The molecule has 0 saturated heterocycles. The molecule has 0 unspecified atom stereocenters. The number of hydrogen-bond donors (Lipinski definition) is 2. The first-order valence-corrected chi connectivity index (χ1v) is 8.83. The fraction of sp³-hybridized carbons (Fsp3) is 0.0625. The van der Waals surface area contributed by atoms with Crippen LogP contribution in [0, 0.1) is 0 Å². The minimum atomic E-state index is -0.986. The van der Waals surface area contributed by atoms with Crippen molar-refractivity contribution in [2.24, 2.45) is 5.10 Å². The first-order chi connectivity index (χ1) is 11.5. The van der Waals surface area contributed by atoms with Gasteiger partial charge in [0.2, 0.25) is 0 Å². The fourth-order valence-corrected chi connectivity index (χ4v) is 4.24. The summed E-state index contributed by atoms with van der Waals surface area (Å²) < 4.78 is 0.928. The van der Waals surface area contributed by atoms with Crippen molar-refractivity contribution in [2.45, 2.75) is 6.92 Å². The molecule has 2 aromatic heterocycles. The van der Waals surface area contributed by atoms with E-state index in [0.29, 0.717) is 20.5 Å². The quantitative estimate of drug-likeness (QED) is 0.519. The lowest BCUT2D eigenvalue weighted by molar-refractivity contribution is 0.0702. The summed E-state index contributed by atoms with van der Waals surface area (Å²) in [6, 6.07) is 10.7. The molecule has 24 heavy (non-hydrogen) atoms. The van der Waals surface area contributed by atoms with Crippen LogP contribution < -0.4 is 5.43 Å². The van der Waals surface area contributed by atoms with Gasteiger partial charge in [-0.25, -0.2) is 10.2 Å². The molecule has 0 aliphatic carbocycles. The molecular formula is C16H11ClN2O3S2. The third-order valence-corrected chi connectivity index (χ3v) is 6.10. The molecular weight excluding hydrogens is 368 g/mol. The number of hydrogen-bond acceptors (Lipinski definition) is 5. The van der Waals surface area contributed by atoms with Gasteiger partial charge in [0, 0.05) is 10.1 Å². The van der Waals surface area contributed by atoms with Crippen LogP contribution in [0.25, 0.3) is 10.1 Å². The molecule has 0 bridgehead atoms. The molecule has 0 spiro atoms. The fourth-order valence-electron chi connectivity index (χ4n) is 2.05. The van der Waals surface area contributed by atoms with Gasteiger partial charge in [-0.2, -0.15) is 5.10 Å². The van der Waals surface area contributed by atoms with E-state index in [9.17, 15) is 9.59 Å². The average molecular weight is 379 g/mol. The molecule has 0 fully saturated rings. The van der Waals surface area contributed by atoms with Crippen LogP contribution in [0.3, 0.4) is 0 Å². The predicted octanol–water partition coefficient (Wildman–Crippen LogP) is 4.47. The third kappa shape index (κ3) is 3.19. The minimum absolute atomic E-state index is 0.221. The summed E-state index contributed by atoms with van der Waals surface area (Å²) in [6.07, 6.45) is 0. The van der Waals surface area contributed by atoms with E-state index in [4.69, 9.17) is 16.7 Å². The van der Waals surface area contributed by atoms with Crippen LogP contribution in [0.15, 0.2) is 41.5 Å². The second-order valence-corrected chi connectivity index (χ2v) is 7.36. The number of thiophene rings is 2. The van der Waals surface area contributed by atoms with Crippen LogP contribution in [0.2, 0.25) is 5.02 Å². The van der Waals surface area contributed by atoms with Gasteiger partial charge in [0.25, 0.3) is 5.91 Å². The maximum absolute atomic E-state index is 12.3. The SMILES string of the molecule is CC(=NNC(=O)c1sc2ccccc2c1Cl)c1ccc(C(=O)O)s1. The van der Waals surface area contributed by atoms with Crippen LogP contribution in [-0.4, -0.2) is 22.7 Å². The smallest absolute Gasteiger partial charge is 0.345 e. The van der Waals surface area contributed by atoms with Gasteiger partial charge >= 0.3 is 5.97 Å². The molecule has 3 rings (SSSR count). The molecule has 1 amide bonds. The molecule has 1 aromatic carbocycles. The van der Waals surface area contributed by atoms with Crippen molar-refractivity contribution in [3.8, 4) is 0 Å². The van der Waals surface area contributed by atoms with Crippen molar-refractivity contribution < 1.29 is 14.7 Å². The van der Waals surface area contributed by atoms with Gasteiger partial charge in [0.15, 0.2) is 0 Å². The van der Waals surface area contributed by atoms with Gasteiger partial charge < -0.3 is 5.11 Å². The number of amides is 1. The number of hydrazone groups is 1. The molecule has 0 saturated carbocycles. The summed E-state index contributed by atoms with van der Waals surface area (Å²) in [7, 11) is 0. The normalized spacial score (nSPS) is 11.7. The van der Waals surface area contributed by atoms with Gasteiger partial charge in [0.05, 0.1) is 15.6 Å². The number of nitrogens with zero attached hydrogens (tertiary/aromatic N) is 1. The maximum atomic E-state index is 12.3. The second-order valence-electron chi connectivity index (χ2n) is 4.85. The molecule has 0 aliphatic rings. The van der Waals surface area contributed by atoms with Crippen LogP contribution in [0.4, 0.5) is 0 Å². The highest BCUT2D eigenvalue weighted by Gasteiger charge is 2.17. The number of aromatic carboxylic acids is 1. The van der Waals surface area contributed by atoms with Crippen molar-refractivity contribution in [3.63, 3.8) is 0 Å². The Bertz CT molecular complexity index is 975. The van der Waals surface area contributed by atoms with Gasteiger partial charge in [-0.1, -0.05) is 29.8 Å². The lowest BCUT2D eigenvalue weighted by atomic mass is 10.2. The van der Waals surface area contributed by atoms with Gasteiger partial charge in [-0.3, -0.25) is 4.79 Å². The Balaban J connectivity index is 1.80. The number of carbonyl (C=O) groups excluding carboxylic acids is 1. The van der Waals surface area contributed by atoms with E-state index in [1.165, 1.54) is 17.4 Å². The van der Waals surface area contributed by atoms with Gasteiger partial charge in [-0.15, -0.1) is 22.7 Å². The zero-order chi connectivity index (χ0) is 17.3. The molecule has 122 valence electrons. The number of fused-ring (bicyclic) bond motifs is 1. The Labute approximate surface area is 150 Å². The second kappa shape index (κ2) is 6.72. The van der Waals surface area contributed by atoms with Gasteiger partial charge in [0.1, 0.15) is 9.75 Å². The number of nitrogens with one attached hydrogen (secondary N) is 1. The van der Waals surface area contributed by atoms with Crippen molar-refractivity contribution in [2.75, 3.05) is 0 Å². The molecule has 2 N–H and O–H groups in total. The monoisotopic (exact) mass is 378 g/mol. The lowest BCUT2D eigenvalue weighted by Gasteiger charge is -2.00. The number of carbonyl (C=O) groups is 2. The third-order valence-electron chi connectivity index (χ3n) is 3.24. The molecule has 3 aromatic rings. The Morgan fingerprint density at radius 1 is 1.12 bits per heavy atom. The van der Waals surface area contributed by atoms with E-state index in [1.54, 1.807) is 13.0 Å². The summed E-state index contributed by atoms with van der Waals surface area (Å²) in [6.45, 7) is 1.70. The Kier molecular flexibility index (Phi) is 4.66. The number of rotatable bonds is 4. The summed E-state index contributed by atoms with van der Waals surface area (Å²) in [5.41, 5.74) is 3.00. The van der Waals surface area contributed by atoms with Crippen LogP contribution >= 0.6 is 34.3 Å². The maximum Gasteiger partial charge on any atom is 0.345 e. The van der Waals surface area contributed by atoms with Crippen molar-refractivity contribution in [1.82, 2.24) is 5.43 Å². The first kappa shape index (κ1) is 16.6. The molecule has 0 aliphatic heterocycles. The molecule has 5 nitrogen and oxygen atoms in total. The zero-order valence-electron chi connectivity index (χ0n) is 12.4. The number of halogens is 1. The lowest BCUT2D eigenvalue weighted by Crippen LogP contribution is -2.18. The Morgan fingerprint density at radius 2 is 1.83 bits per heavy atom. The van der Waals surface area contributed by atoms with Gasteiger partial charge in [-0.05, 0) is 25.1 Å². The van der Waals surface area contributed by atoms with Crippen LogP contribution in [0.1, 0.15) is 31.1 Å². The highest BCUT2D eigenvalue weighted by molar-refractivity contribution is 7.21. The highest BCUT2D eigenvalue weighted by atomic mass is 35.5. The van der Waals surface area contributed by atoms with Crippen LogP contribution in [0.5, 0.6) is 0 Å². The summed E-state index contributed by atoms with van der Waals surface area (Å²) in [5.74, 6) is -1.38. The Hall–Kier alpha value is -2.22.